The molecule has 1 aliphatic carbocycles. The molecule has 1 saturated carbocycles. The third-order valence-electron chi connectivity index (χ3n) is 9.02. The van der Waals surface area contributed by atoms with Crippen LogP contribution >= 0.6 is 0 Å². The lowest BCUT2D eigenvalue weighted by molar-refractivity contribution is -0.143. The molecule has 3 heteroatoms. The Bertz CT molecular complexity index is 1210. The summed E-state index contributed by atoms with van der Waals surface area (Å²) in [5.41, 5.74) is 8.89. The summed E-state index contributed by atoms with van der Waals surface area (Å²) in [7, 11) is 0. The maximum absolute atomic E-state index is 14.5. The molecule has 42 heavy (non-hydrogen) atoms. The van der Waals surface area contributed by atoms with Crippen molar-refractivity contribution in [2.24, 2.45) is 0 Å². The standard InChI is InChI=1S/C39H58O3/c1-22(2)28-18-31(24(5)6)35(32(19-28)25(7)8)37(39(41)42-30-16-14-13-15-17-30)38(40)36-33(26(9)10)20-29(23(3)4)21-34(36)27(11)12/h18-27,30,40H,13-17H2,1-12H3/b38-37+. The van der Waals surface area contributed by atoms with Crippen LogP contribution in [0.1, 0.15) is 195 Å². The predicted molar refractivity (Wildman–Crippen MR) is 180 cm³/mol. The third-order valence-corrected chi connectivity index (χ3v) is 9.02. The Morgan fingerprint density at radius 3 is 1.29 bits per heavy atom. The monoisotopic (exact) mass is 574 g/mol. The van der Waals surface area contributed by atoms with Crippen molar-refractivity contribution < 1.29 is 14.6 Å². The van der Waals surface area contributed by atoms with Crippen LogP contribution in [0.3, 0.4) is 0 Å². The first kappa shape index (κ1) is 33.9. The molecular formula is C39H58O3. The van der Waals surface area contributed by atoms with E-state index in [2.05, 4.69) is 107 Å². The fraction of sp³-hybridized carbons (Fsp3) is 0.615. The van der Waals surface area contributed by atoms with Gasteiger partial charge in [-0.15, -0.1) is 0 Å². The van der Waals surface area contributed by atoms with E-state index in [9.17, 15) is 9.90 Å². The molecule has 0 unspecified atom stereocenters. The zero-order valence-corrected chi connectivity index (χ0v) is 28.7. The zero-order chi connectivity index (χ0) is 31.5. The number of ether oxygens (including phenoxy) is 1. The second-order valence-electron chi connectivity index (χ2n) is 14.5. The van der Waals surface area contributed by atoms with Gasteiger partial charge in [0.15, 0.2) is 0 Å². The molecule has 0 saturated heterocycles. The number of aliphatic hydroxyl groups is 1. The van der Waals surface area contributed by atoms with Crippen LogP contribution < -0.4 is 0 Å². The van der Waals surface area contributed by atoms with Crippen molar-refractivity contribution >= 4 is 17.3 Å². The van der Waals surface area contributed by atoms with Crippen LogP contribution in [0.5, 0.6) is 0 Å². The minimum Gasteiger partial charge on any atom is -0.506 e. The van der Waals surface area contributed by atoms with Crippen molar-refractivity contribution in [3.05, 3.63) is 68.8 Å². The van der Waals surface area contributed by atoms with E-state index < -0.39 is 5.97 Å². The predicted octanol–water partition coefficient (Wildman–Crippen LogP) is 11.7. The van der Waals surface area contributed by atoms with Gasteiger partial charge in [0, 0.05) is 5.56 Å². The number of aliphatic hydroxyl groups excluding tert-OH is 1. The number of carbonyl (C=O) groups is 1. The summed E-state index contributed by atoms with van der Waals surface area (Å²) < 4.78 is 6.30. The summed E-state index contributed by atoms with van der Waals surface area (Å²) in [5, 5.41) is 12.6. The van der Waals surface area contributed by atoms with E-state index in [0.717, 1.165) is 59.1 Å². The highest BCUT2D eigenvalue weighted by molar-refractivity contribution is 6.24. The van der Waals surface area contributed by atoms with Crippen LogP contribution in [0.2, 0.25) is 0 Å². The molecule has 1 aliphatic rings. The van der Waals surface area contributed by atoms with Gasteiger partial charge < -0.3 is 9.84 Å². The quantitative estimate of drug-likeness (QED) is 0.133. The van der Waals surface area contributed by atoms with E-state index in [4.69, 9.17) is 4.74 Å². The number of benzene rings is 2. The highest BCUT2D eigenvalue weighted by atomic mass is 16.5. The molecule has 1 fully saturated rings. The Kier molecular flexibility index (Phi) is 11.5. The molecule has 1 N–H and O–H groups in total. The third kappa shape index (κ3) is 7.50. The molecule has 0 atom stereocenters. The maximum Gasteiger partial charge on any atom is 0.342 e. The molecular weight excluding hydrogens is 516 g/mol. The smallest absolute Gasteiger partial charge is 0.342 e. The SMILES string of the molecule is CC(C)c1cc(C(C)C)c(/C(O)=C(\C(=O)OC2CCCCC2)c2c(C(C)C)cc(C(C)C)cc2C(C)C)c(C(C)C)c1. The molecule has 3 rings (SSSR count). The first-order valence-corrected chi connectivity index (χ1v) is 16.7. The second kappa shape index (κ2) is 14.3. The average molecular weight is 575 g/mol. The first-order chi connectivity index (χ1) is 19.6. The lowest BCUT2D eigenvalue weighted by atomic mass is 9.78. The van der Waals surface area contributed by atoms with Gasteiger partial charge in [0.1, 0.15) is 17.4 Å². The average Bonchev–Trinajstić information content (AvgIpc) is 2.92. The van der Waals surface area contributed by atoms with E-state index >= 15 is 0 Å². The molecule has 232 valence electrons. The summed E-state index contributed by atoms with van der Waals surface area (Å²) in [6.07, 6.45) is 5.01. The van der Waals surface area contributed by atoms with Crippen LogP contribution in [0.15, 0.2) is 24.3 Å². The molecule has 0 spiro atoms. The maximum atomic E-state index is 14.5. The normalized spacial score (nSPS) is 15.5. The Balaban J connectivity index is 2.51. The highest BCUT2D eigenvalue weighted by Gasteiger charge is 2.32. The van der Waals surface area contributed by atoms with E-state index in [1.807, 2.05) is 0 Å². The van der Waals surface area contributed by atoms with E-state index in [1.54, 1.807) is 0 Å². The molecule has 3 nitrogen and oxygen atoms in total. The van der Waals surface area contributed by atoms with Crippen molar-refractivity contribution in [2.45, 2.75) is 157 Å². The Morgan fingerprint density at radius 1 is 0.595 bits per heavy atom. The summed E-state index contributed by atoms with van der Waals surface area (Å²) in [5.74, 6) is 1.07. The number of hydrogen-bond donors (Lipinski definition) is 1. The van der Waals surface area contributed by atoms with Crippen LogP contribution in [-0.2, 0) is 9.53 Å². The fourth-order valence-electron chi connectivity index (χ4n) is 6.31. The van der Waals surface area contributed by atoms with E-state index in [1.165, 1.54) is 17.5 Å². The van der Waals surface area contributed by atoms with Crippen LogP contribution in [0.25, 0.3) is 11.3 Å². The van der Waals surface area contributed by atoms with Gasteiger partial charge in [0.2, 0.25) is 0 Å². The minimum absolute atomic E-state index is 0.0691. The van der Waals surface area contributed by atoms with Gasteiger partial charge >= 0.3 is 5.97 Å². The second-order valence-corrected chi connectivity index (χ2v) is 14.5. The number of hydrogen-bond acceptors (Lipinski definition) is 3. The van der Waals surface area contributed by atoms with Crippen LogP contribution in [-0.4, -0.2) is 17.2 Å². The van der Waals surface area contributed by atoms with E-state index in [-0.39, 0.29) is 35.5 Å². The molecule has 0 aliphatic heterocycles. The number of rotatable bonds is 10. The fourth-order valence-corrected chi connectivity index (χ4v) is 6.31. The van der Waals surface area contributed by atoms with Gasteiger partial charge in [-0.05, 0) is 100 Å². The minimum atomic E-state index is -0.391. The van der Waals surface area contributed by atoms with Crippen LogP contribution in [0, 0.1) is 0 Å². The van der Waals surface area contributed by atoms with Crippen molar-refractivity contribution in [2.75, 3.05) is 0 Å². The van der Waals surface area contributed by atoms with Crippen molar-refractivity contribution in [3.8, 4) is 0 Å². The number of esters is 1. The summed E-state index contributed by atoms with van der Waals surface area (Å²) in [6, 6.07) is 9.00. The molecule has 0 radical (unpaired) electrons. The van der Waals surface area contributed by atoms with Gasteiger partial charge in [0.25, 0.3) is 0 Å². The number of carbonyl (C=O) groups excluding carboxylic acids is 1. The Hall–Kier alpha value is -2.55. The highest BCUT2D eigenvalue weighted by Crippen LogP contribution is 2.43. The van der Waals surface area contributed by atoms with Gasteiger partial charge in [0.05, 0.1) is 0 Å². The zero-order valence-electron chi connectivity index (χ0n) is 28.7. The Morgan fingerprint density at radius 2 is 0.952 bits per heavy atom. The summed E-state index contributed by atoms with van der Waals surface area (Å²) >= 11 is 0. The summed E-state index contributed by atoms with van der Waals surface area (Å²) in [6.45, 7) is 26.3. The summed E-state index contributed by atoms with van der Waals surface area (Å²) in [4.78, 5) is 14.5. The Labute approximate surface area is 257 Å². The van der Waals surface area contributed by atoms with Crippen molar-refractivity contribution in [3.63, 3.8) is 0 Å². The molecule has 2 aromatic rings. The lowest BCUT2D eigenvalue weighted by Gasteiger charge is -2.28. The van der Waals surface area contributed by atoms with Gasteiger partial charge in [-0.1, -0.05) is 114 Å². The van der Waals surface area contributed by atoms with Crippen molar-refractivity contribution in [1.82, 2.24) is 0 Å². The lowest BCUT2D eigenvalue weighted by Crippen LogP contribution is -2.23. The first-order valence-electron chi connectivity index (χ1n) is 16.7. The van der Waals surface area contributed by atoms with Gasteiger partial charge in [-0.3, -0.25) is 0 Å². The van der Waals surface area contributed by atoms with Crippen LogP contribution in [0.4, 0.5) is 0 Å². The molecule has 0 heterocycles. The molecule has 0 bridgehead atoms. The van der Waals surface area contributed by atoms with Crippen molar-refractivity contribution in [1.29, 1.82) is 0 Å². The topological polar surface area (TPSA) is 46.5 Å². The van der Waals surface area contributed by atoms with Gasteiger partial charge in [-0.25, -0.2) is 4.79 Å². The molecule has 0 aromatic heterocycles. The van der Waals surface area contributed by atoms with E-state index in [0.29, 0.717) is 17.4 Å². The van der Waals surface area contributed by atoms with Gasteiger partial charge in [-0.2, -0.15) is 0 Å². The molecule has 0 amide bonds. The molecule has 2 aromatic carbocycles. The largest absolute Gasteiger partial charge is 0.506 e.